The molecule has 15 heavy (non-hydrogen) atoms. The van der Waals surface area contributed by atoms with E-state index in [2.05, 4.69) is 20.4 Å². The molecule has 0 aliphatic rings. The lowest BCUT2D eigenvalue weighted by Crippen LogP contribution is -2.13. The van der Waals surface area contributed by atoms with Crippen LogP contribution in [0.25, 0.3) is 0 Å². The number of thiocarbonyl (C=S) groups is 1. The Morgan fingerprint density at radius 2 is 2.27 bits per heavy atom. The molecule has 0 aromatic carbocycles. The topological polar surface area (TPSA) is 12.5 Å². The number of nitrogens with zero attached hydrogens (tertiary/aromatic N) is 1. The molecule has 0 aromatic rings. The summed E-state index contributed by atoms with van der Waals surface area (Å²) in [6.45, 7) is 8.41. The van der Waals surface area contributed by atoms with E-state index >= 15 is 0 Å². The molecule has 0 amide bonds. The van der Waals surface area contributed by atoms with Gasteiger partial charge in [0.15, 0.2) is 0 Å². The Morgan fingerprint density at radius 3 is 2.67 bits per heavy atom. The van der Waals surface area contributed by atoms with Crippen LogP contribution in [-0.2, 0) is 16.3 Å². The highest BCUT2D eigenvalue weighted by molar-refractivity contribution is 8.69. The highest BCUT2D eigenvalue weighted by Gasteiger charge is 2.24. The van der Waals surface area contributed by atoms with Crippen molar-refractivity contribution in [3.05, 3.63) is 12.7 Å². The monoisotopic (exact) mass is 283 g/mol. The maximum atomic E-state index is 5.70. The zero-order chi connectivity index (χ0) is 11.9. The zero-order valence-corrected chi connectivity index (χ0v) is 12.7. The summed E-state index contributed by atoms with van der Waals surface area (Å²) in [4.78, 5) is 0. The first-order chi connectivity index (χ1) is 7.00. The zero-order valence-electron chi connectivity index (χ0n) is 9.38. The fourth-order valence-corrected chi connectivity index (χ4v) is 7.27. The van der Waals surface area contributed by atoms with Crippen LogP contribution in [0.2, 0.25) is 0 Å². The van der Waals surface area contributed by atoms with E-state index < -0.39 is 5.62 Å². The standard InChI is InChI=1S/C9H18NOPS3/c1-5-7-11-12(14,10(4)8-13)15-9(3)6-2/h5,8-9H,1,6-7H2,2-4H3. The van der Waals surface area contributed by atoms with Crippen molar-refractivity contribution in [2.45, 2.75) is 25.5 Å². The van der Waals surface area contributed by atoms with Crippen LogP contribution in [0.5, 0.6) is 0 Å². The van der Waals surface area contributed by atoms with E-state index in [-0.39, 0.29) is 0 Å². The average Bonchev–Trinajstić information content (AvgIpc) is 2.24. The summed E-state index contributed by atoms with van der Waals surface area (Å²) in [6.07, 6.45) is 2.79. The van der Waals surface area contributed by atoms with Crippen molar-refractivity contribution in [3.63, 3.8) is 0 Å². The molecule has 0 N–H and O–H groups in total. The third kappa shape index (κ3) is 5.45. The van der Waals surface area contributed by atoms with Crippen LogP contribution >= 0.6 is 29.2 Å². The lowest BCUT2D eigenvalue weighted by atomic mass is 10.4. The minimum absolute atomic E-state index is 0.480. The predicted molar refractivity (Wildman–Crippen MR) is 79.2 cm³/mol. The van der Waals surface area contributed by atoms with E-state index in [0.29, 0.717) is 11.9 Å². The molecule has 0 aromatic heterocycles. The second-order valence-corrected chi connectivity index (χ2v) is 10.4. The molecular weight excluding hydrogens is 265 g/mol. The third-order valence-electron chi connectivity index (χ3n) is 1.78. The Morgan fingerprint density at radius 1 is 1.67 bits per heavy atom. The molecule has 2 nitrogen and oxygen atoms in total. The summed E-state index contributed by atoms with van der Waals surface area (Å²) in [5.41, 5.74) is -0.479. The third-order valence-corrected chi connectivity index (χ3v) is 9.41. The molecule has 2 unspecified atom stereocenters. The molecule has 0 radical (unpaired) electrons. The maximum Gasteiger partial charge on any atom is 0.213 e. The Hall–Kier alpha value is 0.590. The maximum absolute atomic E-state index is 5.70. The van der Waals surface area contributed by atoms with Gasteiger partial charge in [-0.3, -0.25) is 0 Å². The summed E-state index contributed by atoms with van der Waals surface area (Å²) in [5, 5.41) is 0.484. The number of hydrogen-bond acceptors (Lipinski definition) is 4. The molecule has 0 saturated carbocycles. The van der Waals surface area contributed by atoms with Gasteiger partial charge in [0, 0.05) is 12.3 Å². The molecule has 0 aliphatic heterocycles. The van der Waals surface area contributed by atoms with Gasteiger partial charge in [0.25, 0.3) is 0 Å². The van der Waals surface area contributed by atoms with Gasteiger partial charge < -0.3 is 9.19 Å². The van der Waals surface area contributed by atoms with Gasteiger partial charge >= 0.3 is 0 Å². The molecule has 0 spiro atoms. The number of rotatable bonds is 8. The molecule has 0 saturated heterocycles. The van der Waals surface area contributed by atoms with Crippen LogP contribution in [0.15, 0.2) is 12.7 Å². The number of hydrogen-bond donors (Lipinski definition) is 0. The summed E-state index contributed by atoms with van der Waals surface area (Å²) >= 11 is 12.2. The van der Waals surface area contributed by atoms with Gasteiger partial charge in [-0.2, -0.15) is 0 Å². The van der Waals surface area contributed by atoms with Gasteiger partial charge in [0.05, 0.1) is 12.1 Å². The van der Waals surface area contributed by atoms with Gasteiger partial charge in [0.1, 0.15) is 0 Å². The molecule has 0 heterocycles. The minimum atomic E-state index is -2.05. The first kappa shape index (κ1) is 15.6. The molecular formula is C9H18NOPS3. The van der Waals surface area contributed by atoms with E-state index in [4.69, 9.17) is 28.5 Å². The Balaban J connectivity index is 4.61. The van der Waals surface area contributed by atoms with Crippen molar-refractivity contribution >= 4 is 46.5 Å². The molecule has 0 rings (SSSR count). The largest absolute Gasteiger partial charge is 0.322 e. The first-order valence-corrected chi connectivity index (χ1v) is 9.35. The molecule has 0 bridgehead atoms. The van der Waals surface area contributed by atoms with Crippen molar-refractivity contribution in [1.82, 2.24) is 4.67 Å². The lowest BCUT2D eigenvalue weighted by molar-refractivity contribution is 0.393. The van der Waals surface area contributed by atoms with Crippen LogP contribution < -0.4 is 0 Å². The van der Waals surface area contributed by atoms with E-state index in [9.17, 15) is 0 Å². The summed E-state index contributed by atoms with van der Waals surface area (Å²) in [7, 11) is 1.88. The first-order valence-electron chi connectivity index (χ1n) is 4.72. The van der Waals surface area contributed by atoms with Crippen molar-refractivity contribution < 1.29 is 4.52 Å². The second kappa shape index (κ2) is 7.80. The second-order valence-electron chi connectivity index (χ2n) is 3.06. The lowest BCUT2D eigenvalue weighted by Gasteiger charge is -2.30. The molecule has 2 atom stereocenters. The fraction of sp³-hybridized carbons (Fsp3) is 0.667. The Bertz CT molecular complexity index is 260. The van der Waals surface area contributed by atoms with Crippen LogP contribution in [0.4, 0.5) is 0 Å². The van der Waals surface area contributed by atoms with Crippen LogP contribution in [0.3, 0.4) is 0 Å². The minimum Gasteiger partial charge on any atom is -0.322 e. The van der Waals surface area contributed by atoms with Gasteiger partial charge in [-0.05, 0) is 18.2 Å². The molecule has 0 fully saturated rings. The summed E-state index contributed by atoms with van der Waals surface area (Å²) in [6, 6.07) is 0. The van der Waals surface area contributed by atoms with Gasteiger partial charge in [-0.25, -0.2) is 0 Å². The molecule has 88 valence electrons. The molecule has 0 aliphatic carbocycles. The SMILES string of the molecule is C=CCOP(=S)(SC(C)CC)N(C)C=S. The summed E-state index contributed by atoms with van der Waals surface area (Å²) < 4.78 is 7.55. The van der Waals surface area contributed by atoms with Crippen LogP contribution in [-0.4, -0.2) is 29.1 Å². The normalized spacial score (nSPS) is 16.5. The van der Waals surface area contributed by atoms with Gasteiger partial charge in [0.2, 0.25) is 5.62 Å². The average molecular weight is 283 g/mol. The van der Waals surface area contributed by atoms with Crippen molar-refractivity contribution in [2.75, 3.05) is 13.7 Å². The van der Waals surface area contributed by atoms with Crippen molar-refractivity contribution in [2.24, 2.45) is 0 Å². The highest BCUT2D eigenvalue weighted by Crippen LogP contribution is 2.63. The van der Waals surface area contributed by atoms with Crippen LogP contribution in [0, 0.1) is 0 Å². The highest BCUT2D eigenvalue weighted by atomic mass is 32.9. The van der Waals surface area contributed by atoms with Gasteiger partial charge in [-0.1, -0.05) is 43.5 Å². The smallest absolute Gasteiger partial charge is 0.213 e. The van der Waals surface area contributed by atoms with Crippen molar-refractivity contribution in [1.29, 1.82) is 0 Å². The van der Waals surface area contributed by atoms with Crippen molar-refractivity contribution in [3.8, 4) is 0 Å². The van der Waals surface area contributed by atoms with E-state index in [0.717, 1.165) is 6.42 Å². The fourth-order valence-electron chi connectivity index (χ4n) is 0.702. The van der Waals surface area contributed by atoms with Crippen LogP contribution in [0.1, 0.15) is 20.3 Å². The summed E-state index contributed by atoms with van der Waals surface area (Å²) in [5.74, 6) is 0. The molecule has 6 heteroatoms. The van der Waals surface area contributed by atoms with E-state index in [1.165, 1.54) is 0 Å². The Kier molecular flexibility index (Phi) is 8.10. The predicted octanol–water partition coefficient (Wildman–Crippen LogP) is 3.83. The van der Waals surface area contributed by atoms with E-state index in [1.807, 2.05) is 11.7 Å². The van der Waals surface area contributed by atoms with Gasteiger partial charge in [-0.15, -0.1) is 6.58 Å². The quantitative estimate of drug-likeness (QED) is 0.380. The van der Waals surface area contributed by atoms with E-state index in [1.54, 1.807) is 22.9 Å². The Labute approximate surface area is 107 Å².